The van der Waals surface area contributed by atoms with Gasteiger partial charge in [-0.3, -0.25) is 9.69 Å². The predicted octanol–water partition coefficient (Wildman–Crippen LogP) is 3.56. The number of rotatable bonds is 3. The number of hydrogen-bond donors (Lipinski definition) is 0. The first-order chi connectivity index (χ1) is 11.9. The summed E-state index contributed by atoms with van der Waals surface area (Å²) in [5.74, 6) is 0.887. The Kier molecular flexibility index (Phi) is 6.39. The van der Waals surface area contributed by atoms with Crippen molar-refractivity contribution in [1.29, 1.82) is 0 Å². The number of carbonyl (C=O) groups excluding carboxylic acids is 1. The van der Waals surface area contributed by atoms with Crippen molar-refractivity contribution >= 4 is 28.5 Å². The number of nitrogens with zero attached hydrogens (tertiary/aromatic N) is 2. The van der Waals surface area contributed by atoms with Gasteiger partial charge in [0.1, 0.15) is 0 Å². The van der Waals surface area contributed by atoms with Crippen LogP contribution in [-0.2, 0) is 4.74 Å². The highest BCUT2D eigenvalue weighted by atomic mass is 127. The van der Waals surface area contributed by atoms with Crippen LogP contribution in [-0.4, -0.2) is 60.6 Å². The van der Waals surface area contributed by atoms with Crippen LogP contribution in [0.4, 0.5) is 0 Å². The molecule has 0 N–H and O–H groups in total. The molecule has 2 saturated heterocycles. The number of aryl methyl sites for hydroxylation is 1. The van der Waals surface area contributed by atoms with E-state index in [-0.39, 0.29) is 5.91 Å². The first-order valence-corrected chi connectivity index (χ1v) is 10.4. The molecule has 2 aliphatic heterocycles. The van der Waals surface area contributed by atoms with Crippen molar-refractivity contribution in [2.24, 2.45) is 5.92 Å². The Bertz CT molecular complexity index is 604. The molecule has 0 aliphatic carbocycles. The van der Waals surface area contributed by atoms with Gasteiger partial charge in [0.15, 0.2) is 0 Å². The van der Waals surface area contributed by atoms with Crippen molar-refractivity contribution in [3.63, 3.8) is 0 Å². The lowest BCUT2D eigenvalue weighted by Crippen LogP contribution is -2.48. The molecule has 4 nitrogen and oxygen atoms in total. The number of hydrogen-bond acceptors (Lipinski definition) is 3. The zero-order chi connectivity index (χ0) is 18.0. The molecule has 0 spiro atoms. The molecule has 2 heterocycles. The number of morpholine rings is 1. The minimum Gasteiger partial charge on any atom is -0.373 e. The first kappa shape index (κ1) is 19.1. The summed E-state index contributed by atoms with van der Waals surface area (Å²) in [5.41, 5.74) is 2.03. The fraction of sp³-hybridized carbons (Fsp3) is 0.650. The smallest absolute Gasteiger partial charge is 0.254 e. The number of benzene rings is 1. The monoisotopic (exact) mass is 456 g/mol. The summed E-state index contributed by atoms with van der Waals surface area (Å²) in [6, 6.07) is 6.01. The van der Waals surface area contributed by atoms with Crippen LogP contribution in [0.25, 0.3) is 0 Å². The highest BCUT2D eigenvalue weighted by molar-refractivity contribution is 14.1. The van der Waals surface area contributed by atoms with Crippen molar-refractivity contribution in [2.75, 3.05) is 32.7 Å². The van der Waals surface area contributed by atoms with Gasteiger partial charge in [0.25, 0.3) is 5.91 Å². The minimum atomic E-state index is 0.195. The highest BCUT2D eigenvalue weighted by Gasteiger charge is 2.28. The Morgan fingerprint density at radius 3 is 2.48 bits per heavy atom. The predicted molar refractivity (Wildman–Crippen MR) is 109 cm³/mol. The summed E-state index contributed by atoms with van der Waals surface area (Å²) in [7, 11) is 0. The number of likely N-dealkylation sites (tertiary alicyclic amines) is 1. The lowest BCUT2D eigenvalue weighted by molar-refractivity contribution is -0.0728. The topological polar surface area (TPSA) is 32.8 Å². The molecule has 0 saturated carbocycles. The van der Waals surface area contributed by atoms with Crippen LogP contribution in [0.3, 0.4) is 0 Å². The average molecular weight is 456 g/mol. The van der Waals surface area contributed by atoms with Gasteiger partial charge >= 0.3 is 0 Å². The maximum absolute atomic E-state index is 12.8. The normalized spacial score (nSPS) is 26.0. The molecule has 2 fully saturated rings. The zero-order valence-electron chi connectivity index (χ0n) is 15.5. The number of halogens is 1. The fourth-order valence-corrected chi connectivity index (χ4v) is 4.69. The van der Waals surface area contributed by atoms with Crippen molar-refractivity contribution in [3.05, 3.63) is 32.9 Å². The third-order valence-corrected chi connectivity index (χ3v) is 6.77. The Balaban J connectivity index is 1.53. The Labute approximate surface area is 165 Å². The van der Waals surface area contributed by atoms with Crippen molar-refractivity contribution in [1.82, 2.24) is 9.80 Å². The largest absolute Gasteiger partial charge is 0.373 e. The van der Waals surface area contributed by atoms with E-state index < -0.39 is 0 Å². The van der Waals surface area contributed by atoms with Crippen LogP contribution in [0.15, 0.2) is 18.2 Å². The standard InChI is InChI=1S/C20H29IN2O2/c1-14-5-4-6-18(19(14)21)20(24)23-9-7-17(8-10-23)13-22-11-15(2)25-16(3)12-22/h4-6,15-17H,7-13H2,1-3H3. The average Bonchev–Trinajstić information content (AvgIpc) is 2.56. The van der Waals surface area contributed by atoms with E-state index in [1.54, 1.807) is 0 Å². The van der Waals surface area contributed by atoms with Gasteiger partial charge < -0.3 is 9.64 Å². The number of carbonyl (C=O) groups is 1. The lowest BCUT2D eigenvalue weighted by Gasteiger charge is -2.39. The molecule has 3 rings (SSSR count). The summed E-state index contributed by atoms with van der Waals surface area (Å²) in [6.07, 6.45) is 2.87. The molecule has 25 heavy (non-hydrogen) atoms. The summed E-state index contributed by atoms with van der Waals surface area (Å²) in [6.45, 7) is 11.3. The molecule has 1 aromatic carbocycles. The fourth-order valence-electron chi connectivity index (χ4n) is 4.10. The molecule has 1 aromatic rings. The van der Waals surface area contributed by atoms with Gasteiger partial charge in [-0.05, 0) is 73.8 Å². The van der Waals surface area contributed by atoms with E-state index in [4.69, 9.17) is 4.74 Å². The van der Waals surface area contributed by atoms with Crippen LogP contribution in [0.1, 0.15) is 42.6 Å². The third kappa shape index (κ3) is 4.74. The van der Waals surface area contributed by atoms with Crippen molar-refractivity contribution < 1.29 is 9.53 Å². The van der Waals surface area contributed by atoms with Crippen LogP contribution in [0.5, 0.6) is 0 Å². The Hall–Kier alpha value is -0.660. The second-order valence-electron chi connectivity index (χ2n) is 7.65. The second-order valence-corrected chi connectivity index (χ2v) is 8.73. The van der Waals surface area contributed by atoms with E-state index in [0.717, 1.165) is 54.7 Å². The van der Waals surface area contributed by atoms with Gasteiger partial charge in [0.05, 0.1) is 17.8 Å². The van der Waals surface area contributed by atoms with Crippen LogP contribution in [0.2, 0.25) is 0 Å². The molecule has 2 atom stereocenters. The Morgan fingerprint density at radius 2 is 1.84 bits per heavy atom. The SMILES string of the molecule is Cc1cccc(C(=O)N2CCC(CN3CC(C)OC(C)C3)CC2)c1I. The summed E-state index contributed by atoms with van der Waals surface area (Å²) >= 11 is 2.29. The number of ether oxygens (including phenoxy) is 1. The summed E-state index contributed by atoms with van der Waals surface area (Å²) in [4.78, 5) is 17.4. The molecule has 2 aliphatic rings. The molecule has 0 bridgehead atoms. The molecule has 2 unspecified atom stereocenters. The van der Waals surface area contributed by atoms with Gasteiger partial charge in [0, 0.05) is 36.3 Å². The second kappa shape index (κ2) is 8.35. The van der Waals surface area contributed by atoms with Crippen LogP contribution < -0.4 is 0 Å². The third-order valence-electron chi connectivity index (χ3n) is 5.34. The van der Waals surface area contributed by atoms with E-state index >= 15 is 0 Å². The van der Waals surface area contributed by atoms with E-state index in [9.17, 15) is 4.79 Å². The summed E-state index contributed by atoms with van der Waals surface area (Å²) < 4.78 is 6.92. The van der Waals surface area contributed by atoms with Crippen molar-refractivity contribution in [3.8, 4) is 0 Å². The van der Waals surface area contributed by atoms with Crippen molar-refractivity contribution in [2.45, 2.75) is 45.8 Å². The molecule has 0 radical (unpaired) electrons. The molecular weight excluding hydrogens is 427 g/mol. The van der Waals surface area contributed by atoms with E-state index in [1.807, 2.05) is 17.0 Å². The number of piperidine rings is 1. The molecule has 1 amide bonds. The first-order valence-electron chi connectivity index (χ1n) is 9.36. The maximum atomic E-state index is 12.8. The van der Waals surface area contributed by atoms with E-state index in [2.05, 4.69) is 54.3 Å². The summed E-state index contributed by atoms with van der Waals surface area (Å²) in [5, 5.41) is 0. The van der Waals surface area contributed by atoms with Gasteiger partial charge in [-0.2, -0.15) is 0 Å². The Morgan fingerprint density at radius 1 is 1.20 bits per heavy atom. The molecule has 5 heteroatoms. The van der Waals surface area contributed by atoms with Crippen LogP contribution >= 0.6 is 22.6 Å². The number of amides is 1. The highest BCUT2D eigenvalue weighted by Crippen LogP contribution is 2.24. The van der Waals surface area contributed by atoms with E-state index in [0.29, 0.717) is 18.1 Å². The minimum absolute atomic E-state index is 0.195. The zero-order valence-corrected chi connectivity index (χ0v) is 17.7. The van der Waals surface area contributed by atoms with Gasteiger partial charge in [0.2, 0.25) is 0 Å². The lowest BCUT2D eigenvalue weighted by atomic mass is 9.95. The maximum Gasteiger partial charge on any atom is 0.254 e. The quantitative estimate of drug-likeness (QED) is 0.653. The van der Waals surface area contributed by atoms with Crippen LogP contribution in [0, 0.1) is 16.4 Å². The van der Waals surface area contributed by atoms with Gasteiger partial charge in [-0.15, -0.1) is 0 Å². The molecular formula is C20H29IN2O2. The van der Waals surface area contributed by atoms with E-state index in [1.165, 1.54) is 5.56 Å². The van der Waals surface area contributed by atoms with Gasteiger partial charge in [-0.25, -0.2) is 0 Å². The molecule has 138 valence electrons. The molecule has 0 aromatic heterocycles. The van der Waals surface area contributed by atoms with Gasteiger partial charge in [-0.1, -0.05) is 12.1 Å².